The van der Waals surface area contributed by atoms with Crippen LogP contribution in [0, 0.1) is 5.92 Å². The van der Waals surface area contributed by atoms with Gasteiger partial charge in [0, 0.05) is 32.0 Å². The zero-order valence-corrected chi connectivity index (χ0v) is 12.3. The average molecular weight is 278 g/mol. The van der Waals surface area contributed by atoms with Gasteiger partial charge in [-0.05, 0) is 43.2 Å². The van der Waals surface area contributed by atoms with E-state index in [2.05, 4.69) is 16.8 Å². The Morgan fingerprint density at radius 3 is 2.75 bits per heavy atom. The van der Waals surface area contributed by atoms with Crippen LogP contribution in [0.15, 0.2) is 24.5 Å². The van der Waals surface area contributed by atoms with Gasteiger partial charge in [-0.15, -0.1) is 0 Å². The Morgan fingerprint density at radius 1 is 1.40 bits per heavy atom. The molecule has 4 heteroatoms. The summed E-state index contributed by atoms with van der Waals surface area (Å²) in [7, 11) is 0. The molecule has 0 spiro atoms. The molecule has 1 heterocycles. The number of nitrogens with zero attached hydrogens (tertiary/aromatic N) is 2. The standard InChI is InChI=1S/C16H26N2O2/c1-14-4-6-16(20,7-5-14)13-18(9-10-19)12-15-3-2-8-17-11-15/h2-3,8,11,14,19-20H,4-7,9-10,12-13H2,1H3. The third-order valence-electron chi connectivity index (χ3n) is 4.27. The van der Waals surface area contributed by atoms with E-state index in [0.29, 0.717) is 13.1 Å². The fourth-order valence-electron chi connectivity index (χ4n) is 2.98. The maximum atomic E-state index is 10.7. The minimum absolute atomic E-state index is 0.118. The monoisotopic (exact) mass is 278 g/mol. The van der Waals surface area contributed by atoms with Crippen LogP contribution >= 0.6 is 0 Å². The summed E-state index contributed by atoms with van der Waals surface area (Å²) in [5.41, 5.74) is 0.526. The first-order valence-corrected chi connectivity index (χ1v) is 7.56. The lowest BCUT2D eigenvalue weighted by atomic mass is 9.79. The van der Waals surface area contributed by atoms with Crippen LogP contribution < -0.4 is 0 Å². The van der Waals surface area contributed by atoms with E-state index in [1.807, 2.05) is 18.3 Å². The van der Waals surface area contributed by atoms with Crippen molar-refractivity contribution >= 4 is 0 Å². The molecule has 1 fully saturated rings. The molecule has 0 atom stereocenters. The van der Waals surface area contributed by atoms with Gasteiger partial charge >= 0.3 is 0 Å². The Labute approximate surface area is 121 Å². The van der Waals surface area contributed by atoms with Gasteiger partial charge in [-0.2, -0.15) is 0 Å². The Hall–Kier alpha value is -0.970. The average Bonchev–Trinajstić information content (AvgIpc) is 2.44. The molecule has 1 aromatic heterocycles. The minimum Gasteiger partial charge on any atom is -0.395 e. The van der Waals surface area contributed by atoms with Crippen LogP contribution in [0.25, 0.3) is 0 Å². The first-order chi connectivity index (χ1) is 9.61. The number of aromatic nitrogens is 1. The highest BCUT2D eigenvalue weighted by Crippen LogP contribution is 2.32. The normalized spacial score (nSPS) is 26.9. The fourth-order valence-corrected chi connectivity index (χ4v) is 2.98. The van der Waals surface area contributed by atoms with Gasteiger partial charge in [-0.3, -0.25) is 9.88 Å². The third kappa shape index (κ3) is 4.54. The Kier molecular flexibility index (Phi) is 5.52. The van der Waals surface area contributed by atoms with Crippen LogP contribution in [-0.2, 0) is 6.54 Å². The molecular weight excluding hydrogens is 252 g/mol. The van der Waals surface area contributed by atoms with Crippen LogP contribution in [0.1, 0.15) is 38.2 Å². The number of aliphatic hydroxyl groups excluding tert-OH is 1. The van der Waals surface area contributed by atoms with E-state index in [-0.39, 0.29) is 6.61 Å². The highest BCUT2D eigenvalue weighted by Gasteiger charge is 2.33. The van der Waals surface area contributed by atoms with Gasteiger partial charge in [0.25, 0.3) is 0 Å². The highest BCUT2D eigenvalue weighted by atomic mass is 16.3. The quantitative estimate of drug-likeness (QED) is 0.833. The van der Waals surface area contributed by atoms with Crippen molar-refractivity contribution in [3.8, 4) is 0 Å². The zero-order chi connectivity index (χ0) is 14.4. The summed E-state index contributed by atoms with van der Waals surface area (Å²) in [6.07, 6.45) is 7.52. The van der Waals surface area contributed by atoms with Crippen molar-refractivity contribution in [2.75, 3.05) is 19.7 Å². The van der Waals surface area contributed by atoms with Gasteiger partial charge in [-0.25, -0.2) is 0 Å². The molecule has 1 saturated carbocycles. The summed E-state index contributed by atoms with van der Waals surface area (Å²) in [6, 6.07) is 3.95. The molecule has 0 unspecified atom stereocenters. The first-order valence-electron chi connectivity index (χ1n) is 7.56. The molecule has 112 valence electrons. The molecule has 2 N–H and O–H groups in total. The maximum absolute atomic E-state index is 10.7. The highest BCUT2D eigenvalue weighted by molar-refractivity contribution is 5.08. The SMILES string of the molecule is CC1CCC(O)(CN(CCO)Cc2cccnc2)CC1. The van der Waals surface area contributed by atoms with E-state index in [9.17, 15) is 10.2 Å². The van der Waals surface area contributed by atoms with Gasteiger partial charge in [0.1, 0.15) is 0 Å². The predicted molar refractivity (Wildman–Crippen MR) is 79.2 cm³/mol. The summed E-state index contributed by atoms with van der Waals surface area (Å²) in [5, 5.41) is 20.0. The second-order valence-corrected chi connectivity index (χ2v) is 6.20. The Morgan fingerprint density at radius 2 is 2.15 bits per heavy atom. The number of hydrogen-bond acceptors (Lipinski definition) is 4. The van der Waals surface area contributed by atoms with Gasteiger partial charge in [0.05, 0.1) is 12.2 Å². The van der Waals surface area contributed by atoms with E-state index in [1.165, 1.54) is 0 Å². The maximum Gasteiger partial charge on any atom is 0.0774 e. The summed E-state index contributed by atoms with van der Waals surface area (Å²) in [6.45, 7) is 4.32. The third-order valence-corrected chi connectivity index (χ3v) is 4.27. The lowest BCUT2D eigenvalue weighted by molar-refractivity contribution is -0.0391. The van der Waals surface area contributed by atoms with E-state index < -0.39 is 5.60 Å². The molecule has 0 amide bonds. The van der Waals surface area contributed by atoms with Crippen LogP contribution in [0.2, 0.25) is 0 Å². The summed E-state index contributed by atoms with van der Waals surface area (Å²) in [5.74, 6) is 0.722. The fraction of sp³-hybridized carbons (Fsp3) is 0.688. The first kappa shape index (κ1) is 15.4. The van der Waals surface area contributed by atoms with Gasteiger partial charge in [0.15, 0.2) is 0 Å². The molecule has 1 aliphatic rings. The second-order valence-electron chi connectivity index (χ2n) is 6.20. The van der Waals surface area contributed by atoms with E-state index >= 15 is 0 Å². The van der Waals surface area contributed by atoms with Crippen molar-refractivity contribution in [2.45, 2.75) is 44.8 Å². The van der Waals surface area contributed by atoms with Crippen molar-refractivity contribution in [1.29, 1.82) is 0 Å². The van der Waals surface area contributed by atoms with Crippen molar-refractivity contribution in [1.82, 2.24) is 9.88 Å². The largest absolute Gasteiger partial charge is 0.395 e. The van der Waals surface area contributed by atoms with Gasteiger partial charge in [0.2, 0.25) is 0 Å². The van der Waals surface area contributed by atoms with Gasteiger partial charge in [-0.1, -0.05) is 13.0 Å². The lowest BCUT2D eigenvalue weighted by Gasteiger charge is -2.38. The van der Waals surface area contributed by atoms with Crippen molar-refractivity contribution < 1.29 is 10.2 Å². The number of aliphatic hydroxyl groups is 2. The molecule has 4 nitrogen and oxygen atoms in total. The molecule has 0 aliphatic heterocycles. The van der Waals surface area contributed by atoms with Gasteiger partial charge < -0.3 is 10.2 Å². The van der Waals surface area contributed by atoms with Crippen LogP contribution in [0.5, 0.6) is 0 Å². The summed E-state index contributed by atoms with van der Waals surface area (Å²) >= 11 is 0. The van der Waals surface area contributed by atoms with Crippen molar-refractivity contribution in [3.63, 3.8) is 0 Å². The van der Waals surface area contributed by atoms with Crippen molar-refractivity contribution in [2.24, 2.45) is 5.92 Å². The Bertz CT molecular complexity index is 389. The molecule has 0 radical (unpaired) electrons. The van der Waals surface area contributed by atoms with E-state index in [1.54, 1.807) is 6.20 Å². The second kappa shape index (κ2) is 7.16. The van der Waals surface area contributed by atoms with Crippen molar-refractivity contribution in [3.05, 3.63) is 30.1 Å². The molecule has 2 rings (SSSR count). The predicted octanol–water partition coefficient (Wildman–Crippen LogP) is 1.82. The molecule has 1 aromatic rings. The summed E-state index contributed by atoms with van der Waals surface area (Å²) in [4.78, 5) is 6.25. The topological polar surface area (TPSA) is 56.6 Å². The molecule has 0 aromatic carbocycles. The zero-order valence-electron chi connectivity index (χ0n) is 12.3. The lowest BCUT2D eigenvalue weighted by Crippen LogP contribution is -2.45. The van der Waals surface area contributed by atoms with E-state index in [4.69, 9.17) is 0 Å². The summed E-state index contributed by atoms with van der Waals surface area (Å²) < 4.78 is 0. The van der Waals surface area contributed by atoms with Crippen LogP contribution in [0.3, 0.4) is 0 Å². The minimum atomic E-state index is -0.593. The smallest absolute Gasteiger partial charge is 0.0774 e. The Balaban J connectivity index is 1.95. The van der Waals surface area contributed by atoms with E-state index in [0.717, 1.165) is 43.7 Å². The number of rotatable bonds is 6. The molecule has 0 bridgehead atoms. The molecule has 1 aliphatic carbocycles. The number of hydrogen-bond donors (Lipinski definition) is 2. The molecule has 0 saturated heterocycles. The van der Waals surface area contributed by atoms with Crippen LogP contribution in [0.4, 0.5) is 0 Å². The molecule has 20 heavy (non-hydrogen) atoms. The molecular formula is C16H26N2O2. The number of pyridine rings is 1. The van der Waals surface area contributed by atoms with Crippen LogP contribution in [-0.4, -0.2) is 45.4 Å².